The van der Waals surface area contributed by atoms with E-state index in [4.69, 9.17) is 4.74 Å². The molecule has 1 aliphatic heterocycles. The summed E-state index contributed by atoms with van der Waals surface area (Å²) >= 11 is 0. The standard InChI is InChI=1S/C23H26F4N6O2/c1-14-18(15(2)33-22(29-14)30-21(31-33)23(25,26)27)7-8-20(34)28-13-19(32-9-11-35-12-10-32)16-3-5-17(24)6-4-16/h3-6,19H,7-13H2,1-2H3,(H,28,34). The lowest BCUT2D eigenvalue weighted by Gasteiger charge is -2.35. The Balaban J connectivity index is 1.43. The first kappa shape index (κ1) is 25.0. The van der Waals surface area contributed by atoms with Gasteiger partial charge in [0.05, 0.1) is 19.3 Å². The minimum atomic E-state index is -4.67. The van der Waals surface area contributed by atoms with Crippen molar-refractivity contribution in [2.75, 3.05) is 32.8 Å². The molecule has 4 rings (SSSR count). The number of aryl methyl sites for hydroxylation is 2. The van der Waals surface area contributed by atoms with Crippen LogP contribution in [0.25, 0.3) is 5.78 Å². The van der Waals surface area contributed by atoms with Crippen molar-refractivity contribution in [2.45, 2.75) is 38.9 Å². The smallest absolute Gasteiger partial charge is 0.379 e. The van der Waals surface area contributed by atoms with Gasteiger partial charge in [0.15, 0.2) is 0 Å². The molecular formula is C23H26F4N6O2. The van der Waals surface area contributed by atoms with Crippen LogP contribution >= 0.6 is 0 Å². The van der Waals surface area contributed by atoms with Crippen LogP contribution in [0.3, 0.4) is 0 Å². The summed E-state index contributed by atoms with van der Waals surface area (Å²) in [6.45, 7) is 6.19. The zero-order chi connectivity index (χ0) is 25.2. The summed E-state index contributed by atoms with van der Waals surface area (Å²) in [5, 5.41) is 6.48. The normalized spacial score (nSPS) is 15.9. The Kier molecular flexibility index (Phi) is 7.31. The number of nitrogens with zero attached hydrogens (tertiary/aromatic N) is 5. The van der Waals surface area contributed by atoms with E-state index in [-0.39, 0.29) is 36.4 Å². The maximum Gasteiger partial charge on any atom is 0.453 e. The van der Waals surface area contributed by atoms with Gasteiger partial charge in [0, 0.05) is 37.4 Å². The zero-order valence-corrected chi connectivity index (χ0v) is 19.4. The Morgan fingerprint density at radius 3 is 2.49 bits per heavy atom. The first-order chi connectivity index (χ1) is 16.6. The lowest BCUT2D eigenvalue weighted by Crippen LogP contribution is -2.43. The highest BCUT2D eigenvalue weighted by atomic mass is 19.4. The first-order valence-corrected chi connectivity index (χ1v) is 11.3. The van der Waals surface area contributed by atoms with Crippen LogP contribution < -0.4 is 5.32 Å². The van der Waals surface area contributed by atoms with Gasteiger partial charge in [-0.15, -0.1) is 5.10 Å². The molecule has 1 unspecified atom stereocenters. The minimum absolute atomic E-state index is 0.120. The maximum atomic E-state index is 13.4. The molecule has 1 aromatic carbocycles. The van der Waals surface area contributed by atoms with Crippen LogP contribution in [0, 0.1) is 19.7 Å². The fraction of sp³-hybridized carbons (Fsp3) is 0.478. The lowest BCUT2D eigenvalue weighted by atomic mass is 10.0. The van der Waals surface area contributed by atoms with E-state index in [1.54, 1.807) is 26.0 Å². The van der Waals surface area contributed by atoms with Gasteiger partial charge in [0.1, 0.15) is 5.82 Å². The van der Waals surface area contributed by atoms with Crippen molar-refractivity contribution in [3.63, 3.8) is 0 Å². The van der Waals surface area contributed by atoms with Gasteiger partial charge in [-0.2, -0.15) is 18.2 Å². The topological polar surface area (TPSA) is 84.6 Å². The number of aromatic nitrogens is 4. The molecule has 1 atom stereocenters. The highest BCUT2D eigenvalue weighted by molar-refractivity contribution is 5.76. The number of halogens is 4. The predicted molar refractivity (Wildman–Crippen MR) is 118 cm³/mol. The molecule has 0 saturated carbocycles. The summed E-state index contributed by atoms with van der Waals surface area (Å²) in [6.07, 6.45) is -4.27. The van der Waals surface area contributed by atoms with Gasteiger partial charge >= 0.3 is 6.18 Å². The SMILES string of the molecule is Cc1nc2nc(C(F)(F)F)nn2c(C)c1CCC(=O)NCC(c1ccc(F)cc1)N1CCOCC1. The number of carbonyl (C=O) groups excluding carboxylic acids is 1. The number of benzene rings is 1. The molecular weight excluding hydrogens is 468 g/mol. The van der Waals surface area contributed by atoms with E-state index in [9.17, 15) is 22.4 Å². The van der Waals surface area contributed by atoms with E-state index >= 15 is 0 Å². The molecule has 1 saturated heterocycles. The van der Waals surface area contributed by atoms with Crippen LogP contribution in [-0.4, -0.2) is 63.2 Å². The van der Waals surface area contributed by atoms with Crippen molar-refractivity contribution in [1.82, 2.24) is 29.8 Å². The molecule has 0 radical (unpaired) electrons. The number of hydrogen-bond donors (Lipinski definition) is 1. The van der Waals surface area contributed by atoms with Crippen LogP contribution in [0.5, 0.6) is 0 Å². The molecule has 3 heterocycles. The van der Waals surface area contributed by atoms with E-state index in [0.717, 1.165) is 10.1 Å². The molecule has 1 aliphatic rings. The number of amides is 1. The summed E-state index contributed by atoms with van der Waals surface area (Å²) in [4.78, 5) is 22.5. The third-order valence-electron chi connectivity index (χ3n) is 6.14. The highest BCUT2D eigenvalue weighted by Crippen LogP contribution is 2.27. The van der Waals surface area contributed by atoms with E-state index in [1.807, 2.05) is 0 Å². The van der Waals surface area contributed by atoms with Crippen molar-refractivity contribution in [1.29, 1.82) is 0 Å². The number of nitrogens with one attached hydrogen (secondary N) is 1. The van der Waals surface area contributed by atoms with Crippen LogP contribution in [0.4, 0.5) is 17.6 Å². The number of morpholine rings is 1. The molecule has 1 N–H and O–H groups in total. The Labute approximate surface area is 199 Å². The van der Waals surface area contributed by atoms with Crippen molar-refractivity contribution in [3.05, 3.63) is 58.4 Å². The molecule has 12 heteroatoms. The second-order valence-corrected chi connectivity index (χ2v) is 8.43. The third kappa shape index (κ3) is 5.76. The average Bonchev–Trinajstić information content (AvgIpc) is 3.26. The van der Waals surface area contributed by atoms with Crippen LogP contribution in [0.2, 0.25) is 0 Å². The van der Waals surface area contributed by atoms with Gasteiger partial charge in [-0.25, -0.2) is 13.9 Å². The first-order valence-electron chi connectivity index (χ1n) is 11.3. The maximum absolute atomic E-state index is 13.4. The van der Waals surface area contributed by atoms with Crippen LogP contribution in [0.15, 0.2) is 24.3 Å². The number of hydrogen-bond acceptors (Lipinski definition) is 6. The molecule has 188 valence electrons. The summed E-state index contributed by atoms with van der Waals surface area (Å²) in [5.41, 5.74) is 2.50. The Bertz CT molecular complexity index is 1190. The number of rotatable bonds is 7. The second-order valence-electron chi connectivity index (χ2n) is 8.43. The fourth-order valence-electron chi connectivity index (χ4n) is 4.26. The molecule has 0 spiro atoms. The van der Waals surface area contributed by atoms with Crippen LogP contribution in [-0.2, 0) is 22.1 Å². The molecule has 0 bridgehead atoms. The number of alkyl halides is 3. The van der Waals surface area contributed by atoms with Gasteiger partial charge in [-0.1, -0.05) is 12.1 Å². The van der Waals surface area contributed by atoms with Gasteiger partial charge in [0.2, 0.25) is 5.91 Å². The van der Waals surface area contributed by atoms with Gasteiger partial charge in [-0.3, -0.25) is 9.69 Å². The molecule has 3 aromatic rings. The molecule has 35 heavy (non-hydrogen) atoms. The lowest BCUT2D eigenvalue weighted by molar-refractivity contribution is -0.144. The monoisotopic (exact) mass is 494 g/mol. The Morgan fingerprint density at radius 2 is 1.83 bits per heavy atom. The third-order valence-corrected chi connectivity index (χ3v) is 6.14. The highest BCUT2D eigenvalue weighted by Gasteiger charge is 2.37. The number of ether oxygens (including phenoxy) is 1. The summed E-state index contributed by atoms with van der Waals surface area (Å²) < 4.78 is 58.9. The number of carbonyl (C=O) groups is 1. The van der Waals surface area contributed by atoms with E-state index in [1.165, 1.54) is 12.1 Å². The zero-order valence-electron chi connectivity index (χ0n) is 19.4. The quantitative estimate of drug-likeness (QED) is 0.509. The van der Waals surface area contributed by atoms with Crippen molar-refractivity contribution in [3.8, 4) is 0 Å². The molecule has 2 aromatic heterocycles. The summed E-state index contributed by atoms with van der Waals surface area (Å²) in [6, 6.07) is 6.08. The average molecular weight is 494 g/mol. The van der Waals surface area contributed by atoms with E-state index < -0.39 is 12.0 Å². The minimum Gasteiger partial charge on any atom is -0.379 e. The molecule has 1 fully saturated rings. The molecule has 0 aliphatic carbocycles. The molecule has 1 amide bonds. The van der Waals surface area contributed by atoms with E-state index in [0.29, 0.717) is 49.8 Å². The van der Waals surface area contributed by atoms with Gasteiger partial charge < -0.3 is 10.1 Å². The van der Waals surface area contributed by atoms with Crippen LogP contribution in [0.1, 0.15) is 40.8 Å². The van der Waals surface area contributed by atoms with Gasteiger partial charge in [-0.05, 0) is 43.5 Å². The van der Waals surface area contributed by atoms with E-state index in [2.05, 4.69) is 25.3 Å². The Morgan fingerprint density at radius 1 is 1.14 bits per heavy atom. The summed E-state index contributed by atoms with van der Waals surface area (Å²) in [7, 11) is 0. The van der Waals surface area contributed by atoms with Crippen molar-refractivity contribution >= 4 is 11.7 Å². The predicted octanol–water partition coefficient (Wildman–Crippen LogP) is 3.02. The second kappa shape index (κ2) is 10.2. The van der Waals surface area contributed by atoms with Gasteiger partial charge in [0.25, 0.3) is 11.6 Å². The number of fused-ring (bicyclic) bond motifs is 1. The summed E-state index contributed by atoms with van der Waals surface area (Å²) in [5.74, 6) is -1.92. The van der Waals surface area contributed by atoms with Crippen molar-refractivity contribution < 1.29 is 27.1 Å². The molecule has 8 nitrogen and oxygen atoms in total. The van der Waals surface area contributed by atoms with Crippen molar-refractivity contribution in [2.24, 2.45) is 0 Å². The largest absolute Gasteiger partial charge is 0.453 e. The fourth-order valence-corrected chi connectivity index (χ4v) is 4.26. The Hall–Kier alpha value is -3.12.